The predicted octanol–water partition coefficient (Wildman–Crippen LogP) is 5.04. The molecule has 1 aliphatic rings. The van der Waals surface area contributed by atoms with Gasteiger partial charge in [-0.1, -0.05) is 54.1 Å². The van der Waals surface area contributed by atoms with Gasteiger partial charge in [-0.25, -0.2) is 0 Å². The van der Waals surface area contributed by atoms with Gasteiger partial charge in [0.2, 0.25) is 0 Å². The van der Waals surface area contributed by atoms with Crippen LogP contribution in [0.2, 0.25) is 0 Å². The van der Waals surface area contributed by atoms with Gasteiger partial charge < -0.3 is 5.73 Å². The molecule has 0 radical (unpaired) electrons. The van der Waals surface area contributed by atoms with Crippen LogP contribution in [0.3, 0.4) is 0 Å². The van der Waals surface area contributed by atoms with Crippen molar-refractivity contribution in [3.8, 4) is 0 Å². The molecule has 1 aromatic carbocycles. The highest BCUT2D eigenvalue weighted by atomic mass is 79.9. The summed E-state index contributed by atoms with van der Waals surface area (Å²) in [5.74, 6) is 0.845. The molecule has 18 heavy (non-hydrogen) atoms. The van der Waals surface area contributed by atoms with Crippen molar-refractivity contribution in [2.45, 2.75) is 58.4 Å². The second-order valence-corrected chi connectivity index (χ2v) is 6.66. The fraction of sp³-hybridized carbons (Fsp3) is 0.625. The Hall–Kier alpha value is -0.340. The van der Waals surface area contributed by atoms with Gasteiger partial charge in [-0.05, 0) is 48.9 Å². The molecule has 2 heteroatoms. The lowest BCUT2D eigenvalue weighted by atomic mass is 9.83. The summed E-state index contributed by atoms with van der Waals surface area (Å²) >= 11 is 3.59. The zero-order valence-electron chi connectivity index (χ0n) is 11.5. The van der Waals surface area contributed by atoms with Crippen molar-refractivity contribution in [3.63, 3.8) is 0 Å². The van der Waals surface area contributed by atoms with Crippen molar-refractivity contribution < 1.29 is 0 Å². The lowest BCUT2D eigenvalue weighted by Gasteiger charge is -2.25. The van der Waals surface area contributed by atoms with E-state index in [0.29, 0.717) is 0 Å². The van der Waals surface area contributed by atoms with Gasteiger partial charge in [0.15, 0.2) is 0 Å². The van der Waals surface area contributed by atoms with E-state index in [1.807, 2.05) is 0 Å². The number of rotatable bonds is 3. The molecule has 1 aliphatic carbocycles. The summed E-state index contributed by atoms with van der Waals surface area (Å²) in [5.41, 5.74) is 10.4. The van der Waals surface area contributed by atoms with Crippen molar-refractivity contribution in [1.82, 2.24) is 0 Å². The number of aryl methyl sites for hydroxylation is 2. The topological polar surface area (TPSA) is 26.0 Å². The summed E-state index contributed by atoms with van der Waals surface area (Å²) < 4.78 is 1.19. The number of hydrogen-bond acceptors (Lipinski definition) is 1. The average Bonchev–Trinajstić information content (AvgIpc) is 2.35. The Kier molecular flexibility index (Phi) is 4.85. The molecule has 0 aliphatic heterocycles. The molecule has 0 heterocycles. The van der Waals surface area contributed by atoms with Crippen LogP contribution in [0.1, 0.15) is 61.3 Å². The monoisotopic (exact) mass is 309 g/mol. The van der Waals surface area contributed by atoms with E-state index in [1.165, 1.54) is 53.3 Å². The first-order valence-electron chi connectivity index (χ1n) is 7.10. The third-order valence-corrected chi connectivity index (χ3v) is 5.11. The summed E-state index contributed by atoms with van der Waals surface area (Å²) in [4.78, 5) is 0. The number of nitrogens with two attached hydrogens (primary N) is 1. The molecular weight excluding hydrogens is 286 g/mol. The first-order chi connectivity index (χ1) is 8.58. The average molecular weight is 310 g/mol. The van der Waals surface area contributed by atoms with Crippen molar-refractivity contribution in [1.29, 1.82) is 0 Å². The van der Waals surface area contributed by atoms with E-state index >= 15 is 0 Å². The summed E-state index contributed by atoms with van der Waals surface area (Å²) in [5, 5.41) is 0. The second-order valence-electron chi connectivity index (χ2n) is 5.80. The molecule has 0 saturated heterocycles. The minimum atomic E-state index is 0.208. The summed E-state index contributed by atoms with van der Waals surface area (Å²) in [6.45, 7) is 4.31. The maximum Gasteiger partial charge on any atom is 0.0300 e. The molecule has 2 rings (SSSR count). The van der Waals surface area contributed by atoms with Gasteiger partial charge in [0.05, 0.1) is 0 Å². The van der Waals surface area contributed by atoms with E-state index in [1.54, 1.807) is 0 Å². The van der Waals surface area contributed by atoms with E-state index in [2.05, 4.69) is 41.9 Å². The number of halogens is 1. The first-order valence-corrected chi connectivity index (χ1v) is 7.89. The van der Waals surface area contributed by atoms with Gasteiger partial charge in [-0.15, -0.1) is 0 Å². The Labute approximate surface area is 119 Å². The maximum atomic E-state index is 6.43. The minimum Gasteiger partial charge on any atom is -0.324 e. The van der Waals surface area contributed by atoms with Crippen LogP contribution in [0.5, 0.6) is 0 Å². The van der Waals surface area contributed by atoms with Crippen LogP contribution in [0.25, 0.3) is 0 Å². The molecule has 1 atom stereocenters. The van der Waals surface area contributed by atoms with Crippen LogP contribution < -0.4 is 5.73 Å². The van der Waals surface area contributed by atoms with E-state index in [4.69, 9.17) is 5.73 Å². The zero-order valence-corrected chi connectivity index (χ0v) is 13.1. The van der Waals surface area contributed by atoms with Crippen LogP contribution in [0, 0.1) is 19.8 Å². The van der Waals surface area contributed by atoms with E-state index < -0.39 is 0 Å². The van der Waals surface area contributed by atoms with Crippen LogP contribution in [0.15, 0.2) is 16.6 Å². The quantitative estimate of drug-likeness (QED) is 0.832. The van der Waals surface area contributed by atoms with Crippen molar-refractivity contribution in [2.75, 3.05) is 0 Å². The lowest BCUT2D eigenvalue weighted by molar-refractivity contribution is 0.319. The molecule has 0 spiro atoms. The van der Waals surface area contributed by atoms with Gasteiger partial charge in [-0.3, -0.25) is 0 Å². The standard InChI is InChI=1S/C16H24BrN/c1-11-9-15(17)12(2)8-14(11)16(18)10-13-6-4-3-5-7-13/h8-9,13,16H,3-7,10,18H2,1-2H3. The van der Waals surface area contributed by atoms with Crippen molar-refractivity contribution in [2.24, 2.45) is 11.7 Å². The molecule has 0 bridgehead atoms. The van der Waals surface area contributed by atoms with E-state index in [-0.39, 0.29) is 6.04 Å². The fourth-order valence-corrected chi connectivity index (χ4v) is 3.57. The molecule has 2 N–H and O–H groups in total. The fourth-order valence-electron chi connectivity index (χ4n) is 3.11. The Morgan fingerprint density at radius 2 is 1.83 bits per heavy atom. The van der Waals surface area contributed by atoms with Crippen LogP contribution in [-0.4, -0.2) is 0 Å². The van der Waals surface area contributed by atoms with Gasteiger partial charge in [0, 0.05) is 10.5 Å². The Balaban J connectivity index is 2.08. The SMILES string of the molecule is Cc1cc(C(N)CC2CCCCC2)c(C)cc1Br. The van der Waals surface area contributed by atoms with Crippen LogP contribution in [0.4, 0.5) is 0 Å². The highest BCUT2D eigenvalue weighted by Gasteiger charge is 2.19. The molecule has 0 aromatic heterocycles. The van der Waals surface area contributed by atoms with Crippen molar-refractivity contribution >= 4 is 15.9 Å². The third kappa shape index (κ3) is 3.36. The Morgan fingerprint density at radius 3 is 2.50 bits per heavy atom. The van der Waals surface area contributed by atoms with Gasteiger partial charge in [0.25, 0.3) is 0 Å². The van der Waals surface area contributed by atoms with Gasteiger partial charge in [-0.2, -0.15) is 0 Å². The van der Waals surface area contributed by atoms with Gasteiger partial charge >= 0.3 is 0 Å². The summed E-state index contributed by atoms with van der Waals surface area (Å²) in [6, 6.07) is 4.66. The molecule has 1 fully saturated rings. The molecule has 100 valence electrons. The Morgan fingerprint density at radius 1 is 1.17 bits per heavy atom. The highest BCUT2D eigenvalue weighted by Crippen LogP contribution is 2.33. The van der Waals surface area contributed by atoms with E-state index in [0.717, 1.165) is 12.3 Å². The second kappa shape index (κ2) is 6.21. The maximum absolute atomic E-state index is 6.43. The smallest absolute Gasteiger partial charge is 0.0300 e. The number of benzene rings is 1. The molecule has 1 aromatic rings. The normalized spacial score (nSPS) is 18.9. The molecule has 0 amide bonds. The van der Waals surface area contributed by atoms with Crippen molar-refractivity contribution in [3.05, 3.63) is 33.3 Å². The van der Waals surface area contributed by atoms with E-state index in [9.17, 15) is 0 Å². The molecule has 1 saturated carbocycles. The molecular formula is C16H24BrN. The van der Waals surface area contributed by atoms with Crippen LogP contribution >= 0.6 is 15.9 Å². The lowest BCUT2D eigenvalue weighted by Crippen LogP contribution is -2.18. The third-order valence-electron chi connectivity index (χ3n) is 4.26. The Bertz CT molecular complexity index is 408. The highest BCUT2D eigenvalue weighted by molar-refractivity contribution is 9.10. The minimum absolute atomic E-state index is 0.208. The number of hydrogen-bond donors (Lipinski definition) is 1. The zero-order chi connectivity index (χ0) is 13.1. The van der Waals surface area contributed by atoms with Gasteiger partial charge in [0.1, 0.15) is 0 Å². The molecule has 1 unspecified atom stereocenters. The predicted molar refractivity (Wildman–Crippen MR) is 81.7 cm³/mol. The largest absolute Gasteiger partial charge is 0.324 e. The first kappa shape index (κ1) is 14.1. The summed E-state index contributed by atoms with van der Waals surface area (Å²) in [7, 11) is 0. The summed E-state index contributed by atoms with van der Waals surface area (Å²) in [6.07, 6.45) is 8.13. The van der Waals surface area contributed by atoms with Crippen LogP contribution in [-0.2, 0) is 0 Å². The molecule has 1 nitrogen and oxygen atoms in total.